The van der Waals surface area contributed by atoms with Crippen molar-refractivity contribution in [3.8, 4) is 11.5 Å². The molecular weight excluding hydrogens is 250 g/mol. The minimum atomic E-state index is 0.790. The Morgan fingerprint density at radius 3 is 2.35 bits per heavy atom. The molecule has 0 spiro atoms. The fourth-order valence-electron chi connectivity index (χ4n) is 2.21. The summed E-state index contributed by atoms with van der Waals surface area (Å²) in [6.07, 6.45) is 4.94. The van der Waals surface area contributed by atoms with Crippen LogP contribution in [0.25, 0.3) is 0 Å². The molecule has 0 aliphatic carbocycles. The van der Waals surface area contributed by atoms with Crippen molar-refractivity contribution in [1.29, 1.82) is 0 Å². The topological polar surface area (TPSA) is 21.7 Å². The predicted molar refractivity (Wildman–Crippen MR) is 84.7 cm³/mol. The van der Waals surface area contributed by atoms with Crippen LogP contribution in [0.15, 0.2) is 24.3 Å². The summed E-state index contributed by atoms with van der Waals surface area (Å²) in [6.45, 7) is 8.80. The van der Waals surface area contributed by atoms with Crippen molar-refractivity contribution in [2.45, 2.75) is 39.5 Å². The van der Waals surface area contributed by atoms with Crippen molar-refractivity contribution in [3.05, 3.63) is 24.3 Å². The van der Waals surface area contributed by atoms with E-state index in [1.807, 2.05) is 24.3 Å². The molecule has 0 unspecified atom stereocenters. The van der Waals surface area contributed by atoms with E-state index in [9.17, 15) is 0 Å². The minimum absolute atomic E-state index is 0.790. The van der Waals surface area contributed by atoms with Crippen molar-refractivity contribution >= 4 is 0 Å². The molecule has 0 N–H and O–H groups in total. The Morgan fingerprint density at radius 2 is 1.65 bits per heavy atom. The Balaban J connectivity index is 2.04. The molecule has 0 amide bonds. The number of hydrogen-bond donors (Lipinski definition) is 0. The second-order valence-corrected chi connectivity index (χ2v) is 4.97. The largest absolute Gasteiger partial charge is 0.497 e. The van der Waals surface area contributed by atoms with Crippen LogP contribution in [0.2, 0.25) is 0 Å². The van der Waals surface area contributed by atoms with Gasteiger partial charge in [0.25, 0.3) is 0 Å². The fraction of sp³-hybridized carbons (Fsp3) is 0.647. The van der Waals surface area contributed by atoms with E-state index in [0.29, 0.717) is 0 Å². The standard InChI is InChI=1S/C17H29NO2/c1-4-18(5-2)13-8-6-7-9-14-20-17-12-10-11-16(15-17)19-3/h10-12,15H,4-9,13-14H2,1-3H3. The summed E-state index contributed by atoms with van der Waals surface area (Å²) in [5, 5.41) is 0. The Hall–Kier alpha value is -1.22. The first-order valence-electron chi connectivity index (χ1n) is 7.79. The number of unbranched alkanes of at least 4 members (excludes halogenated alkanes) is 3. The summed E-state index contributed by atoms with van der Waals surface area (Å²) in [5.41, 5.74) is 0. The number of benzene rings is 1. The third kappa shape index (κ3) is 6.80. The lowest BCUT2D eigenvalue weighted by Crippen LogP contribution is -2.23. The van der Waals surface area contributed by atoms with E-state index in [1.54, 1.807) is 7.11 Å². The quantitative estimate of drug-likeness (QED) is 0.572. The van der Waals surface area contributed by atoms with E-state index < -0.39 is 0 Å². The van der Waals surface area contributed by atoms with Crippen LogP contribution in [0.4, 0.5) is 0 Å². The molecule has 0 bridgehead atoms. The smallest absolute Gasteiger partial charge is 0.122 e. The molecule has 1 aromatic rings. The number of methoxy groups -OCH3 is 1. The number of rotatable bonds is 11. The van der Waals surface area contributed by atoms with Gasteiger partial charge in [-0.15, -0.1) is 0 Å². The van der Waals surface area contributed by atoms with Crippen molar-refractivity contribution in [2.75, 3.05) is 33.4 Å². The van der Waals surface area contributed by atoms with Gasteiger partial charge in [-0.3, -0.25) is 0 Å². The number of hydrogen-bond acceptors (Lipinski definition) is 3. The van der Waals surface area contributed by atoms with Gasteiger partial charge in [0, 0.05) is 6.07 Å². The van der Waals surface area contributed by atoms with E-state index >= 15 is 0 Å². The third-order valence-corrected chi connectivity index (χ3v) is 3.57. The second kappa shape index (κ2) is 10.6. The normalized spacial score (nSPS) is 10.8. The van der Waals surface area contributed by atoms with Crippen LogP contribution < -0.4 is 9.47 Å². The number of nitrogens with zero attached hydrogens (tertiary/aromatic N) is 1. The van der Waals surface area contributed by atoms with Gasteiger partial charge in [-0.2, -0.15) is 0 Å². The highest BCUT2D eigenvalue weighted by Gasteiger charge is 1.99. The summed E-state index contributed by atoms with van der Waals surface area (Å²) in [6, 6.07) is 7.79. The summed E-state index contributed by atoms with van der Waals surface area (Å²) < 4.78 is 10.9. The highest BCUT2D eigenvalue weighted by molar-refractivity contribution is 5.32. The van der Waals surface area contributed by atoms with Gasteiger partial charge in [0.15, 0.2) is 0 Å². The van der Waals surface area contributed by atoms with Crippen LogP contribution in [0.1, 0.15) is 39.5 Å². The Morgan fingerprint density at radius 1 is 0.950 bits per heavy atom. The van der Waals surface area contributed by atoms with E-state index in [-0.39, 0.29) is 0 Å². The van der Waals surface area contributed by atoms with Gasteiger partial charge in [-0.05, 0) is 44.6 Å². The first-order valence-corrected chi connectivity index (χ1v) is 7.79. The van der Waals surface area contributed by atoms with Crippen molar-refractivity contribution in [2.24, 2.45) is 0 Å². The summed E-state index contributed by atoms with van der Waals surface area (Å²) in [5.74, 6) is 1.74. The van der Waals surface area contributed by atoms with Crippen molar-refractivity contribution in [3.63, 3.8) is 0 Å². The maximum absolute atomic E-state index is 5.73. The molecule has 0 atom stereocenters. The molecule has 114 valence electrons. The molecule has 0 heterocycles. The minimum Gasteiger partial charge on any atom is -0.497 e. The SMILES string of the molecule is CCN(CC)CCCCCCOc1cccc(OC)c1. The molecular formula is C17H29NO2. The summed E-state index contributed by atoms with van der Waals surface area (Å²) >= 11 is 0. The number of ether oxygens (including phenoxy) is 2. The monoisotopic (exact) mass is 279 g/mol. The van der Waals surface area contributed by atoms with Crippen LogP contribution in [0.3, 0.4) is 0 Å². The molecule has 0 aliphatic heterocycles. The van der Waals surface area contributed by atoms with Crippen LogP contribution in [-0.2, 0) is 0 Å². The lowest BCUT2D eigenvalue weighted by molar-refractivity contribution is 0.284. The zero-order chi connectivity index (χ0) is 14.6. The first-order chi connectivity index (χ1) is 9.80. The average Bonchev–Trinajstić information content (AvgIpc) is 2.50. The van der Waals surface area contributed by atoms with Crippen LogP contribution in [-0.4, -0.2) is 38.3 Å². The van der Waals surface area contributed by atoms with E-state index in [0.717, 1.165) is 37.6 Å². The van der Waals surface area contributed by atoms with Crippen molar-refractivity contribution < 1.29 is 9.47 Å². The molecule has 0 aromatic heterocycles. The molecule has 0 fully saturated rings. The molecule has 20 heavy (non-hydrogen) atoms. The fourth-order valence-corrected chi connectivity index (χ4v) is 2.21. The molecule has 3 heteroatoms. The summed E-state index contributed by atoms with van der Waals surface area (Å²) in [4.78, 5) is 2.48. The van der Waals surface area contributed by atoms with E-state index in [4.69, 9.17) is 9.47 Å². The predicted octanol–water partition coefficient (Wildman–Crippen LogP) is 3.98. The van der Waals surface area contributed by atoms with Crippen LogP contribution in [0.5, 0.6) is 11.5 Å². The molecule has 3 nitrogen and oxygen atoms in total. The first kappa shape index (κ1) is 16.8. The van der Waals surface area contributed by atoms with Gasteiger partial charge in [0.1, 0.15) is 11.5 Å². The van der Waals surface area contributed by atoms with E-state index in [2.05, 4.69) is 18.7 Å². The Kier molecular flexibility index (Phi) is 8.88. The molecule has 0 radical (unpaired) electrons. The molecule has 1 rings (SSSR count). The van der Waals surface area contributed by atoms with Gasteiger partial charge in [0.05, 0.1) is 13.7 Å². The van der Waals surface area contributed by atoms with Crippen LogP contribution in [0, 0.1) is 0 Å². The molecule has 0 aliphatic rings. The van der Waals surface area contributed by atoms with E-state index in [1.165, 1.54) is 25.8 Å². The van der Waals surface area contributed by atoms with Gasteiger partial charge in [0.2, 0.25) is 0 Å². The maximum Gasteiger partial charge on any atom is 0.122 e. The van der Waals surface area contributed by atoms with Gasteiger partial charge in [-0.1, -0.05) is 32.8 Å². The van der Waals surface area contributed by atoms with Crippen molar-refractivity contribution in [1.82, 2.24) is 4.90 Å². The van der Waals surface area contributed by atoms with Crippen LogP contribution >= 0.6 is 0 Å². The second-order valence-electron chi connectivity index (χ2n) is 4.97. The van der Waals surface area contributed by atoms with Gasteiger partial charge in [-0.25, -0.2) is 0 Å². The summed E-state index contributed by atoms with van der Waals surface area (Å²) in [7, 11) is 1.68. The Labute approximate surface area is 123 Å². The van der Waals surface area contributed by atoms with Gasteiger partial charge < -0.3 is 14.4 Å². The zero-order valence-corrected chi connectivity index (χ0v) is 13.2. The highest BCUT2D eigenvalue weighted by Crippen LogP contribution is 2.19. The average molecular weight is 279 g/mol. The maximum atomic E-state index is 5.73. The molecule has 0 saturated heterocycles. The van der Waals surface area contributed by atoms with Gasteiger partial charge >= 0.3 is 0 Å². The Bertz CT molecular complexity index is 351. The third-order valence-electron chi connectivity index (χ3n) is 3.57. The lowest BCUT2D eigenvalue weighted by atomic mass is 10.2. The molecule has 0 saturated carbocycles. The molecule has 1 aromatic carbocycles. The zero-order valence-electron chi connectivity index (χ0n) is 13.2. The highest BCUT2D eigenvalue weighted by atomic mass is 16.5. The lowest BCUT2D eigenvalue weighted by Gasteiger charge is -2.17.